The van der Waals surface area contributed by atoms with E-state index in [1.165, 1.54) is 16.8 Å². The smallest absolute Gasteiger partial charge is 0.272 e. The van der Waals surface area contributed by atoms with E-state index in [1.54, 1.807) is 24.4 Å². The van der Waals surface area contributed by atoms with Crippen LogP contribution in [-0.4, -0.2) is 32.9 Å². The van der Waals surface area contributed by atoms with Gasteiger partial charge < -0.3 is 10.4 Å². The Morgan fingerprint density at radius 2 is 1.95 bits per heavy atom. The highest BCUT2D eigenvalue weighted by atomic mass is 19.1. The Balaban J connectivity index is 1.70. The van der Waals surface area contributed by atoms with E-state index in [0.29, 0.717) is 5.69 Å². The average molecular weight is 303 g/mol. The summed E-state index contributed by atoms with van der Waals surface area (Å²) in [5.41, 5.74) is 0.959. The van der Waals surface area contributed by atoms with Crippen LogP contribution >= 0.6 is 0 Å². The van der Waals surface area contributed by atoms with Crippen molar-refractivity contribution < 1.29 is 14.3 Å². The van der Waals surface area contributed by atoms with E-state index >= 15 is 0 Å². The van der Waals surface area contributed by atoms with Crippen LogP contribution in [0.25, 0.3) is 5.69 Å². The van der Waals surface area contributed by atoms with Gasteiger partial charge in [0.05, 0.1) is 17.8 Å². The maximum Gasteiger partial charge on any atom is 0.272 e. The summed E-state index contributed by atoms with van der Waals surface area (Å²) in [6.45, 7) is 0. The lowest BCUT2D eigenvalue weighted by Crippen LogP contribution is -2.45. The van der Waals surface area contributed by atoms with Crippen molar-refractivity contribution in [3.05, 3.63) is 48.0 Å². The number of hydrogen-bond acceptors (Lipinski definition) is 3. The molecule has 0 saturated heterocycles. The van der Waals surface area contributed by atoms with E-state index < -0.39 is 6.10 Å². The van der Waals surface area contributed by atoms with Gasteiger partial charge in [0.1, 0.15) is 5.82 Å². The van der Waals surface area contributed by atoms with Crippen LogP contribution in [-0.2, 0) is 0 Å². The number of carbonyl (C=O) groups excluding carboxylic acids is 1. The fourth-order valence-corrected chi connectivity index (χ4v) is 2.70. The van der Waals surface area contributed by atoms with Crippen LogP contribution in [0.1, 0.15) is 36.2 Å². The van der Waals surface area contributed by atoms with E-state index in [9.17, 15) is 14.3 Å². The highest BCUT2D eigenvalue weighted by molar-refractivity contribution is 5.92. The standard InChI is InChI=1S/C16H18FN3O2/c17-11-5-7-12(8-6-11)20-10-9-14(19-20)16(22)18-13-3-1-2-4-15(13)21/h5-10,13,15,21H,1-4H2,(H,18,22). The van der Waals surface area contributed by atoms with Crippen molar-refractivity contribution in [2.45, 2.75) is 37.8 Å². The molecule has 1 aliphatic carbocycles. The Morgan fingerprint density at radius 3 is 2.68 bits per heavy atom. The van der Waals surface area contributed by atoms with Crippen molar-refractivity contribution in [1.29, 1.82) is 0 Å². The molecule has 0 bridgehead atoms. The average Bonchev–Trinajstić information content (AvgIpc) is 3.00. The van der Waals surface area contributed by atoms with E-state index in [-0.39, 0.29) is 23.5 Å². The van der Waals surface area contributed by atoms with E-state index in [4.69, 9.17) is 0 Å². The number of benzene rings is 1. The van der Waals surface area contributed by atoms with Crippen LogP contribution in [0.3, 0.4) is 0 Å². The van der Waals surface area contributed by atoms with Crippen molar-refractivity contribution >= 4 is 5.91 Å². The second-order valence-corrected chi connectivity index (χ2v) is 5.55. The lowest BCUT2D eigenvalue weighted by Gasteiger charge is -2.27. The third-order valence-electron chi connectivity index (χ3n) is 3.96. The first-order valence-corrected chi connectivity index (χ1v) is 7.44. The summed E-state index contributed by atoms with van der Waals surface area (Å²) < 4.78 is 14.4. The maximum atomic E-state index is 12.9. The molecule has 116 valence electrons. The Kier molecular flexibility index (Phi) is 4.20. The predicted octanol–water partition coefficient (Wildman–Crippen LogP) is 2.04. The quantitative estimate of drug-likeness (QED) is 0.912. The first-order valence-electron chi connectivity index (χ1n) is 7.44. The third-order valence-corrected chi connectivity index (χ3v) is 3.96. The minimum absolute atomic E-state index is 0.211. The summed E-state index contributed by atoms with van der Waals surface area (Å²) in [6.07, 6.45) is 4.66. The lowest BCUT2D eigenvalue weighted by atomic mass is 9.92. The predicted molar refractivity (Wildman–Crippen MR) is 79.3 cm³/mol. The molecule has 1 amide bonds. The minimum atomic E-state index is -0.489. The number of amides is 1. The molecule has 2 unspecified atom stereocenters. The molecule has 1 aromatic carbocycles. The molecule has 5 nitrogen and oxygen atoms in total. The van der Waals surface area contributed by atoms with Gasteiger partial charge in [0.2, 0.25) is 0 Å². The van der Waals surface area contributed by atoms with Crippen molar-refractivity contribution in [2.75, 3.05) is 0 Å². The Hall–Kier alpha value is -2.21. The van der Waals surface area contributed by atoms with Crippen LogP contribution in [0.2, 0.25) is 0 Å². The van der Waals surface area contributed by atoms with Crippen LogP contribution in [0.15, 0.2) is 36.5 Å². The Bertz CT molecular complexity index is 654. The van der Waals surface area contributed by atoms with Crippen molar-refractivity contribution in [3.63, 3.8) is 0 Å². The summed E-state index contributed by atoms with van der Waals surface area (Å²) >= 11 is 0. The summed E-state index contributed by atoms with van der Waals surface area (Å²) in [7, 11) is 0. The first-order chi connectivity index (χ1) is 10.6. The fourth-order valence-electron chi connectivity index (χ4n) is 2.70. The zero-order chi connectivity index (χ0) is 15.5. The minimum Gasteiger partial charge on any atom is -0.391 e. The van der Waals surface area contributed by atoms with Gasteiger partial charge in [0.15, 0.2) is 5.69 Å². The molecule has 1 aliphatic rings. The van der Waals surface area contributed by atoms with Gasteiger partial charge in [-0.05, 0) is 43.2 Å². The molecule has 1 aromatic heterocycles. The number of aromatic nitrogens is 2. The largest absolute Gasteiger partial charge is 0.391 e. The Morgan fingerprint density at radius 1 is 1.23 bits per heavy atom. The van der Waals surface area contributed by atoms with Crippen molar-refractivity contribution in [2.24, 2.45) is 0 Å². The fraction of sp³-hybridized carbons (Fsp3) is 0.375. The number of carbonyl (C=O) groups is 1. The molecule has 0 spiro atoms. The van der Waals surface area contributed by atoms with Gasteiger partial charge >= 0.3 is 0 Å². The summed E-state index contributed by atoms with van der Waals surface area (Å²) in [5, 5.41) is 16.9. The van der Waals surface area contributed by atoms with E-state index in [1.807, 2.05) is 0 Å². The van der Waals surface area contributed by atoms with Crippen LogP contribution < -0.4 is 5.32 Å². The number of hydrogen-bond donors (Lipinski definition) is 2. The van der Waals surface area contributed by atoms with Crippen molar-refractivity contribution in [3.8, 4) is 5.69 Å². The van der Waals surface area contributed by atoms with Crippen LogP contribution in [0.4, 0.5) is 4.39 Å². The van der Waals surface area contributed by atoms with E-state index in [2.05, 4.69) is 10.4 Å². The second kappa shape index (κ2) is 6.27. The molecule has 0 radical (unpaired) electrons. The van der Waals surface area contributed by atoms with Gasteiger partial charge in [-0.15, -0.1) is 0 Å². The molecule has 2 N–H and O–H groups in total. The maximum absolute atomic E-state index is 12.9. The highest BCUT2D eigenvalue weighted by Crippen LogP contribution is 2.18. The number of nitrogens with zero attached hydrogens (tertiary/aromatic N) is 2. The number of nitrogens with one attached hydrogen (secondary N) is 1. The van der Waals surface area contributed by atoms with Gasteiger partial charge in [-0.3, -0.25) is 4.79 Å². The van der Waals surface area contributed by atoms with Gasteiger partial charge in [0.25, 0.3) is 5.91 Å². The second-order valence-electron chi connectivity index (χ2n) is 5.55. The lowest BCUT2D eigenvalue weighted by molar-refractivity contribution is 0.0713. The number of aliphatic hydroxyl groups excluding tert-OH is 1. The highest BCUT2D eigenvalue weighted by Gasteiger charge is 2.25. The first kappa shape index (κ1) is 14.7. The number of halogens is 1. The van der Waals surface area contributed by atoms with Crippen LogP contribution in [0, 0.1) is 5.82 Å². The number of aliphatic hydroxyl groups is 1. The van der Waals surface area contributed by atoms with Crippen LogP contribution in [0.5, 0.6) is 0 Å². The molecule has 0 aliphatic heterocycles. The zero-order valence-electron chi connectivity index (χ0n) is 12.1. The molecule has 6 heteroatoms. The molecule has 1 saturated carbocycles. The van der Waals surface area contributed by atoms with Gasteiger partial charge in [-0.2, -0.15) is 5.10 Å². The van der Waals surface area contributed by atoms with Gasteiger partial charge in [-0.25, -0.2) is 9.07 Å². The molecule has 22 heavy (non-hydrogen) atoms. The van der Waals surface area contributed by atoms with E-state index in [0.717, 1.165) is 25.7 Å². The SMILES string of the molecule is O=C(NC1CCCCC1O)c1ccn(-c2ccc(F)cc2)n1. The monoisotopic (exact) mass is 303 g/mol. The molecule has 2 aromatic rings. The summed E-state index contributed by atoms with van der Waals surface area (Å²) in [4.78, 5) is 12.2. The molecule has 1 fully saturated rings. The molecule has 1 heterocycles. The molecule has 2 atom stereocenters. The van der Waals surface area contributed by atoms with Gasteiger partial charge in [-0.1, -0.05) is 12.8 Å². The topological polar surface area (TPSA) is 67.2 Å². The molecular formula is C16H18FN3O2. The zero-order valence-corrected chi connectivity index (χ0v) is 12.1. The number of rotatable bonds is 3. The van der Waals surface area contributed by atoms with Crippen molar-refractivity contribution in [1.82, 2.24) is 15.1 Å². The third kappa shape index (κ3) is 3.17. The summed E-state index contributed by atoms with van der Waals surface area (Å²) in [6, 6.07) is 7.26. The summed E-state index contributed by atoms with van der Waals surface area (Å²) in [5.74, 6) is -0.619. The molecule has 3 rings (SSSR count). The molecular weight excluding hydrogens is 285 g/mol. The Labute approximate surface area is 127 Å². The normalized spacial score (nSPS) is 21.5. The van der Waals surface area contributed by atoms with Gasteiger partial charge in [0, 0.05) is 6.20 Å².